The molecule has 0 saturated heterocycles. The number of hydrogen-bond acceptors (Lipinski definition) is 6. The van der Waals surface area contributed by atoms with Crippen LogP contribution in [0.15, 0.2) is 28.4 Å². The summed E-state index contributed by atoms with van der Waals surface area (Å²) < 4.78 is 16.7. The first-order valence-corrected chi connectivity index (χ1v) is 11.7. The number of esters is 1. The smallest absolute Gasteiger partial charge is 0.315 e. The Bertz CT molecular complexity index is 1010. The summed E-state index contributed by atoms with van der Waals surface area (Å²) in [5, 5.41) is 0.433. The van der Waals surface area contributed by atoms with Gasteiger partial charge in [-0.15, -0.1) is 0 Å². The quantitative estimate of drug-likeness (QED) is 0.407. The second-order valence-corrected chi connectivity index (χ2v) is 10.0. The van der Waals surface area contributed by atoms with Crippen LogP contribution in [0.4, 0.5) is 0 Å². The van der Waals surface area contributed by atoms with Gasteiger partial charge in [0.05, 0.1) is 6.61 Å². The molecule has 1 aromatic carbocycles. The van der Waals surface area contributed by atoms with Gasteiger partial charge >= 0.3 is 5.97 Å². The van der Waals surface area contributed by atoms with E-state index < -0.39 is 11.8 Å². The molecule has 0 saturated carbocycles. The lowest BCUT2D eigenvalue weighted by Gasteiger charge is -2.39. The second kappa shape index (κ2) is 8.89. The highest BCUT2D eigenvalue weighted by atomic mass is 35.5. The fourth-order valence-corrected chi connectivity index (χ4v) is 5.14. The van der Waals surface area contributed by atoms with E-state index in [1.165, 1.54) is 0 Å². The van der Waals surface area contributed by atoms with Crippen molar-refractivity contribution in [2.45, 2.75) is 65.7 Å². The molecule has 0 bridgehead atoms. The van der Waals surface area contributed by atoms with E-state index in [0.717, 1.165) is 25.0 Å². The molecular formula is C25H30ClNO5. The lowest BCUT2D eigenvalue weighted by molar-refractivity contribution is -0.146. The molecule has 2 aliphatic heterocycles. The molecule has 0 spiro atoms. The van der Waals surface area contributed by atoms with E-state index >= 15 is 0 Å². The molecule has 2 heterocycles. The topological polar surface area (TPSA) is 74.2 Å². The van der Waals surface area contributed by atoms with Crippen LogP contribution in [0.5, 0.6) is 11.5 Å². The van der Waals surface area contributed by atoms with Gasteiger partial charge in [-0.3, -0.25) is 14.6 Å². The number of nitrogens with zero attached hydrogens (tertiary/aromatic N) is 1. The maximum Gasteiger partial charge on any atom is 0.315 e. The minimum atomic E-state index is -0.710. The van der Waals surface area contributed by atoms with Gasteiger partial charge in [-0.05, 0) is 36.8 Å². The Morgan fingerprint density at radius 2 is 1.94 bits per heavy atom. The fourth-order valence-electron chi connectivity index (χ4n) is 4.87. The number of fused-ring (bicyclic) bond motifs is 1. The number of unbranched alkanes of at least 4 members (excludes halogenated alkanes) is 2. The first-order valence-electron chi connectivity index (χ1n) is 11.3. The summed E-state index contributed by atoms with van der Waals surface area (Å²) in [6.07, 6.45) is 3.91. The number of ether oxygens (including phenoxy) is 3. The maximum atomic E-state index is 13.4. The monoisotopic (exact) mass is 459 g/mol. The Kier molecular flexibility index (Phi) is 6.35. The van der Waals surface area contributed by atoms with E-state index in [-0.39, 0.29) is 24.0 Å². The average molecular weight is 460 g/mol. The SMILES string of the molecule is CCCCCOC(=O)C1C(C)=NC2=C(C(=O)CC(C)(C)C2)[C@@H]1c1cc2c(cc1Cl)OCO2. The van der Waals surface area contributed by atoms with Gasteiger partial charge in [0.25, 0.3) is 0 Å². The third-order valence-electron chi connectivity index (χ3n) is 6.38. The van der Waals surface area contributed by atoms with Gasteiger partial charge in [0.2, 0.25) is 6.79 Å². The number of rotatable bonds is 6. The summed E-state index contributed by atoms with van der Waals surface area (Å²) in [7, 11) is 0. The van der Waals surface area contributed by atoms with Crippen molar-refractivity contribution in [3.63, 3.8) is 0 Å². The number of aliphatic imine (C=N–C) groups is 1. The number of halogens is 1. The number of Topliss-reactive ketones (excluding diaryl/α,β-unsaturated/α-hetero) is 1. The average Bonchev–Trinajstić information content (AvgIpc) is 3.15. The molecule has 0 radical (unpaired) electrons. The standard InChI is InChI=1S/C25H30ClNO5/c1-5-6-7-8-30-24(29)21-14(2)27-17-11-25(3,4)12-18(28)23(17)22(21)15-9-19-20(10-16(15)26)32-13-31-19/h9-10,21-22H,5-8,11-13H2,1-4H3/t21?,22-/m1/s1. The molecule has 0 aromatic heterocycles. The highest BCUT2D eigenvalue weighted by Crippen LogP contribution is 2.51. The van der Waals surface area contributed by atoms with Crippen molar-refractivity contribution in [2.75, 3.05) is 13.4 Å². The zero-order chi connectivity index (χ0) is 23.0. The molecule has 4 rings (SSSR count). The van der Waals surface area contributed by atoms with Crippen LogP contribution < -0.4 is 9.47 Å². The van der Waals surface area contributed by atoms with Gasteiger partial charge in [0, 0.05) is 40.4 Å². The number of benzene rings is 1. The number of allylic oxidation sites excluding steroid dienone is 2. The number of ketones is 1. The predicted molar refractivity (Wildman–Crippen MR) is 122 cm³/mol. The minimum absolute atomic E-state index is 0.00927. The number of carbonyl (C=O) groups is 2. The highest BCUT2D eigenvalue weighted by Gasteiger charge is 2.47. The normalized spacial score (nSPS) is 23.7. The largest absolute Gasteiger partial charge is 0.465 e. The molecule has 7 heteroatoms. The van der Waals surface area contributed by atoms with Crippen LogP contribution in [-0.4, -0.2) is 30.9 Å². The predicted octanol–water partition coefficient (Wildman–Crippen LogP) is 5.62. The van der Waals surface area contributed by atoms with Gasteiger partial charge in [0.1, 0.15) is 5.92 Å². The highest BCUT2D eigenvalue weighted by molar-refractivity contribution is 6.32. The zero-order valence-corrected chi connectivity index (χ0v) is 19.9. The Hall–Kier alpha value is -2.34. The molecule has 3 aliphatic rings. The van der Waals surface area contributed by atoms with Crippen LogP contribution in [0.1, 0.15) is 71.3 Å². The first-order chi connectivity index (χ1) is 15.2. The number of hydrogen-bond donors (Lipinski definition) is 0. The third-order valence-corrected chi connectivity index (χ3v) is 6.70. The van der Waals surface area contributed by atoms with Crippen LogP contribution >= 0.6 is 11.6 Å². The zero-order valence-electron chi connectivity index (χ0n) is 19.1. The van der Waals surface area contributed by atoms with E-state index in [9.17, 15) is 9.59 Å². The lowest BCUT2D eigenvalue weighted by atomic mass is 9.67. The summed E-state index contributed by atoms with van der Waals surface area (Å²) >= 11 is 6.68. The molecule has 0 fully saturated rings. The molecule has 172 valence electrons. The Balaban J connectivity index is 1.79. The van der Waals surface area contributed by atoms with Crippen molar-refractivity contribution in [3.05, 3.63) is 34.0 Å². The molecular weight excluding hydrogens is 430 g/mol. The maximum absolute atomic E-state index is 13.4. The van der Waals surface area contributed by atoms with E-state index in [0.29, 0.717) is 52.8 Å². The Morgan fingerprint density at radius 3 is 2.66 bits per heavy atom. The minimum Gasteiger partial charge on any atom is -0.465 e. The molecule has 6 nitrogen and oxygen atoms in total. The molecule has 1 unspecified atom stereocenters. The summed E-state index contributed by atoms with van der Waals surface area (Å²) in [5.41, 5.74) is 2.45. The van der Waals surface area contributed by atoms with Gasteiger partial charge in [-0.2, -0.15) is 0 Å². The molecule has 0 N–H and O–H groups in total. The van der Waals surface area contributed by atoms with E-state index in [1.807, 2.05) is 6.92 Å². The van der Waals surface area contributed by atoms with Crippen molar-refractivity contribution in [3.8, 4) is 11.5 Å². The summed E-state index contributed by atoms with van der Waals surface area (Å²) in [6, 6.07) is 3.49. The van der Waals surface area contributed by atoms with Crippen molar-refractivity contribution in [1.82, 2.24) is 0 Å². The van der Waals surface area contributed by atoms with Crippen molar-refractivity contribution < 1.29 is 23.8 Å². The Labute approximate surface area is 194 Å². The Morgan fingerprint density at radius 1 is 1.22 bits per heavy atom. The molecule has 1 aromatic rings. The van der Waals surface area contributed by atoms with Crippen LogP contribution in [-0.2, 0) is 14.3 Å². The van der Waals surface area contributed by atoms with E-state index in [2.05, 4.69) is 20.8 Å². The lowest BCUT2D eigenvalue weighted by Crippen LogP contribution is -2.39. The van der Waals surface area contributed by atoms with Crippen LogP contribution in [0, 0.1) is 11.3 Å². The van der Waals surface area contributed by atoms with E-state index in [1.54, 1.807) is 12.1 Å². The van der Waals surface area contributed by atoms with Crippen LogP contribution in [0.25, 0.3) is 0 Å². The van der Waals surface area contributed by atoms with Crippen LogP contribution in [0.3, 0.4) is 0 Å². The van der Waals surface area contributed by atoms with Crippen molar-refractivity contribution in [1.29, 1.82) is 0 Å². The summed E-state index contributed by atoms with van der Waals surface area (Å²) in [4.78, 5) is 31.4. The first kappa shape index (κ1) is 22.8. The summed E-state index contributed by atoms with van der Waals surface area (Å²) in [5.74, 6) is -0.514. The van der Waals surface area contributed by atoms with Gasteiger partial charge < -0.3 is 14.2 Å². The van der Waals surface area contributed by atoms with Crippen molar-refractivity contribution in [2.24, 2.45) is 16.3 Å². The number of carbonyl (C=O) groups excluding carboxylic acids is 2. The van der Waals surface area contributed by atoms with Gasteiger partial charge in [0.15, 0.2) is 17.3 Å². The summed E-state index contributed by atoms with van der Waals surface area (Å²) in [6.45, 7) is 8.53. The molecule has 32 heavy (non-hydrogen) atoms. The van der Waals surface area contributed by atoms with Gasteiger partial charge in [-0.1, -0.05) is 45.2 Å². The van der Waals surface area contributed by atoms with Gasteiger partial charge in [-0.25, -0.2) is 0 Å². The van der Waals surface area contributed by atoms with E-state index in [4.69, 9.17) is 30.8 Å². The fraction of sp³-hybridized carbons (Fsp3) is 0.560. The molecule has 2 atom stereocenters. The molecule has 1 aliphatic carbocycles. The third kappa shape index (κ3) is 4.29. The van der Waals surface area contributed by atoms with Crippen molar-refractivity contribution >= 4 is 29.1 Å². The molecule has 0 amide bonds. The second-order valence-electron chi connectivity index (χ2n) is 9.61. The van der Waals surface area contributed by atoms with Crippen LogP contribution in [0.2, 0.25) is 5.02 Å².